The van der Waals surface area contributed by atoms with Crippen LogP contribution in [0.5, 0.6) is 0 Å². The molecule has 0 N–H and O–H groups in total. The maximum atomic E-state index is 5.16. The molecule has 9 rings (SSSR count). The predicted octanol–water partition coefficient (Wildman–Crippen LogP) is 13.3. The van der Waals surface area contributed by atoms with Gasteiger partial charge in [0.15, 0.2) is 5.84 Å². The molecule has 0 saturated carbocycles. The van der Waals surface area contributed by atoms with Crippen molar-refractivity contribution in [2.45, 2.75) is 6.92 Å². The average molecular weight is 954 g/mol. The van der Waals surface area contributed by atoms with Crippen molar-refractivity contribution in [2.75, 3.05) is 0 Å². The fourth-order valence-corrected chi connectivity index (χ4v) is 7.26. The number of aliphatic imine (C=N–C) groups is 2. The summed E-state index contributed by atoms with van der Waals surface area (Å²) in [7, 11) is 0. The van der Waals surface area contributed by atoms with Crippen LogP contribution in [0.25, 0.3) is 66.6 Å². The number of nitrogens with zero attached hydrogens (tertiary/aromatic N) is 3. The van der Waals surface area contributed by atoms with Gasteiger partial charge in [-0.2, -0.15) is 36.4 Å². The zero-order chi connectivity index (χ0) is 37.8. The molecule has 0 atom stereocenters. The molecule has 1 aromatic heterocycles. The van der Waals surface area contributed by atoms with Gasteiger partial charge in [0.1, 0.15) is 0 Å². The third-order valence-corrected chi connectivity index (χ3v) is 10.2. The molecule has 268 valence electrons. The molecule has 0 bridgehead atoms. The number of amidine groups is 1. The molecule has 0 aliphatic rings. The number of fused-ring (bicyclic) bond motifs is 3. The normalized spacial score (nSPS) is 11.7. The number of rotatable bonds is 8. The van der Waals surface area contributed by atoms with Crippen molar-refractivity contribution in [1.82, 2.24) is 4.57 Å². The molecule has 57 heavy (non-hydrogen) atoms. The molecule has 0 aliphatic heterocycles. The monoisotopic (exact) mass is 953 g/mol. The summed E-state index contributed by atoms with van der Waals surface area (Å²) in [6, 6.07) is 74.1. The Balaban J connectivity index is 0.00000455. The summed E-state index contributed by atoms with van der Waals surface area (Å²) in [5.41, 5.74) is 14.2. The first-order valence-corrected chi connectivity index (χ1v) is 18.8. The van der Waals surface area contributed by atoms with E-state index in [4.69, 9.17) is 9.98 Å². The SMILES string of the molecule is C=C(N=C(N=C(C)c1ccccc1)c1ccc(-c2ccccc2)cc1)c1ccc2c3ccc(-c4ccccc4)cc3n(-c3c[c-]c(-c4[c-]cccc4)cc3)c2c1.[U+2]. The van der Waals surface area contributed by atoms with Crippen molar-refractivity contribution >= 4 is 39.1 Å². The van der Waals surface area contributed by atoms with E-state index in [2.05, 4.69) is 175 Å². The van der Waals surface area contributed by atoms with Crippen LogP contribution >= 0.6 is 0 Å². The van der Waals surface area contributed by atoms with Gasteiger partial charge in [0.25, 0.3) is 0 Å². The minimum Gasteiger partial charge on any atom is -0.351 e. The molecule has 9 aromatic rings. The minimum atomic E-state index is 0. The van der Waals surface area contributed by atoms with Crippen LogP contribution < -0.4 is 0 Å². The summed E-state index contributed by atoms with van der Waals surface area (Å²) in [6.45, 7) is 6.55. The number of hydrogen-bond acceptors (Lipinski definition) is 1. The fraction of sp³-hybridized carbons (Fsp3) is 0.0189. The molecule has 0 radical (unpaired) electrons. The summed E-state index contributed by atoms with van der Waals surface area (Å²) < 4.78 is 2.33. The quantitative estimate of drug-likeness (QED) is 0.0825. The van der Waals surface area contributed by atoms with Crippen molar-refractivity contribution < 1.29 is 31.1 Å². The van der Waals surface area contributed by atoms with Crippen LogP contribution in [0.1, 0.15) is 23.6 Å². The number of hydrogen-bond donors (Lipinski definition) is 0. The Morgan fingerprint density at radius 3 is 1.70 bits per heavy atom. The maximum Gasteiger partial charge on any atom is 2.00 e. The van der Waals surface area contributed by atoms with Gasteiger partial charge in [-0.3, -0.25) is 0 Å². The van der Waals surface area contributed by atoms with Crippen molar-refractivity contribution in [1.29, 1.82) is 0 Å². The van der Waals surface area contributed by atoms with E-state index in [-0.39, 0.29) is 31.1 Å². The fourth-order valence-electron chi connectivity index (χ4n) is 7.26. The molecular weight excluding hydrogens is 917 g/mol. The molecule has 0 saturated heterocycles. The van der Waals surface area contributed by atoms with Gasteiger partial charge in [0, 0.05) is 38.6 Å². The molecule has 0 unspecified atom stereocenters. The molecular formula is C53H37N3U. The average Bonchev–Trinajstić information content (AvgIpc) is 3.60. The predicted molar refractivity (Wildman–Crippen MR) is 235 cm³/mol. The molecule has 8 aromatic carbocycles. The summed E-state index contributed by atoms with van der Waals surface area (Å²) in [4.78, 5) is 10.3. The van der Waals surface area contributed by atoms with Crippen LogP contribution in [0, 0.1) is 43.2 Å². The van der Waals surface area contributed by atoms with E-state index in [1.807, 2.05) is 49.4 Å². The summed E-state index contributed by atoms with van der Waals surface area (Å²) in [5.74, 6) is 0.604. The Bertz CT molecular complexity index is 2880. The van der Waals surface area contributed by atoms with E-state index in [0.717, 1.165) is 72.3 Å². The first kappa shape index (κ1) is 37.6. The van der Waals surface area contributed by atoms with Crippen LogP contribution in [0.2, 0.25) is 0 Å². The zero-order valence-electron chi connectivity index (χ0n) is 31.5. The number of aromatic nitrogens is 1. The third-order valence-electron chi connectivity index (χ3n) is 10.2. The molecule has 0 fully saturated rings. The topological polar surface area (TPSA) is 29.6 Å². The Hall–Kier alpha value is -6.31. The Labute approximate surface area is 357 Å². The Morgan fingerprint density at radius 1 is 0.491 bits per heavy atom. The van der Waals surface area contributed by atoms with Gasteiger partial charge >= 0.3 is 31.1 Å². The van der Waals surface area contributed by atoms with Gasteiger partial charge in [-0.25, -0.2) is 21.1 Å². The van der Waals surface area contributed by atoms with E-state index >= 15 is 0 Å². The van der Waals surface area contributed by atoms with Crippen LogP contribution in [0.15, 0.2) is 211 Å². The van der Waals surface area contributed by atoms with Gasteiger partial charge in [0.2, 0.25) is 0 Å². The molecule has 4 heteroatoms. The van der Waals surface area contributed by atoms with E-state index in [1.54, 1.807) is 0 Å². The maximum absolute atomic E-state index is 5.16. The second kappa shape index (κ2) is 16.8. The van der Waals surface area contributed by atoms with Gasteiger partial charge in [-0.15, -0.1) is 18.2 Å². The Morgan fingerprint density at radius 2 is 1.05 bits per heavy atom. The smallest absolute Gasteiger partial charge is 0.351 e. The molecule has 3 nitrogen and oxygen atoms in total. The molecule has 0 amide bonds. The van der Waals surface area contributed by atoms with Crippen LogP contribution in [0.4, 0.5) is 0 Å². The molecule has 1 heterocycles. The largest absolute Gasteiger partial charge is 2.00 e. The van der Waals surface area contributed by atoms with E-state index in [0.29, 0.717) is 11.5 Å². The van der Waals surface area contributed by atoms with Crippen LogP contribution in [-0.4, -0.2) is 16.1 Å². The first-order valence-electron chi connectivity index (χ1n) is 18.8. The summed E-state index contributed by atoms with van der Waals surface area (Å²) >= 11 is 0. The van der Waals surface area contributed by atoms with E-state index in [9.17, 15) is 0 Å². The minimum absolute atomic E-state index is 0. The standard InChI is InChI=1S/C53H37N3.U/c1-37(39-15-7-3-8-16-39)54-53(45-25-23-43(24-26-45)40-17-9-4-10-18-40)55-38(2)46-29-33-49-50-34-30-47(42-21-13-6-14-22-42)36-52(50)56(51(49)35-46)48-31-27-44(28-32-48)41-19-11-5-12-20-41;/h3-19,21-27,29-36H,2H2,1H3;/q-2;+2. The first-order chi connectivity index (χ1) is 27.6. The van der Waals surface area contributed by atoms with Gasteiger partial charge in [0.05, 0.1) is 5.70 Å². The van der Waals surface area contributed by atoms with Crippen molar-refractivity contribution in [3.8, 4) is 39.1 Å². The Kier molecular flexibility index (Phi) is 11.1. The van der Waals surface area contributed by atoms with Crippen molar-refractivity contribution in [3.63, 3.8) is 0 Å². The molecule has 0 aliphatic carbocycles. The number of benzene rings is 8. The van der Waals surface area contributed by atoms with Gasteiger partial charge in [-0.05, 0) is 52.6 Å². The van der Waals surface area contributed by atoms with E-state index < -0.39 is 0 Å². The third kappa shape index (κ3) is 7.89. The second-order valence-corrected chi connectivity index (χ2v) is 13.8. The van der Waals surface area contributed by atoms with E-state index in [1.165, 1.54) is 10.9 Å². The second-order valence-electron chi connectivity index (χ2n) is 13.8. The van der Waals surface area contributed by atoms with Crippen LogP contribution in [-0.2, 0) is 0 Å². The van der Waals surface area contributed by atoms with Gasteiger partial charge in [-0.1, -0.05) is 146 Å². The summed E-state index contributed by atoms with van der Waals surface area (Å²) in [6.07, 6.45) is 0. The summed E-state index contributed by atoms with van der Waals surface area (Å²) in [5, 5.41) is 2.32. The van der Waals surface area contributed by atoms with Crippen molar-refractivity contribution in [3.05, 3.63) is 230 Å². The van der Waals surface area contributed by atoms with Crippen molar-refractivity contribution in [2.24, 2.45) is 9.98 Å². The van der Waals surface area contributed by atoms with Crippen LogP contribution in [0.3, 0.4) is 0 Å². The van der Waals surface area contributed by atoms with Gasteiger partial charge < -0.3 is 4.57 Å². The molecule has 0 spiro atoms. The zero-order valence-corrected chi connectivity index (χ0v) is 35.7.